The van der Waals surface area contributed by atoms with E-state index in [1.165, 1.54) is 0 Å². The van der Waals surface area contributed by atoms with Crippen molar-refractivity contribution >= 4 is 41.0 Å². The molecular formula is C20H25FIN5. The Hall–Kier alpha value is -2.16. The molecule has 0 radical (unpaired) electrons. The summed E-state index contributed by atoms with van der Waals surface area (Å²) in [5.41, 5.74) is 3.58. The normalized spacial score (nSPS) is 12.6. The summed E-state index contributed by atoms with van der Waals surface area (Å²) >= 11 is 0. The van der Waals surface area contributed by atoms with E-state index >= 15 is 0 Å². The van der Waals surface area contributed by atoms with Crippen molar-refractivity contribution in [3.8, 4) is 0 Å². The van der Waals surface area contributed by atoms with Crippen molar-refractivity contribution in [2.24, 2.45) is 12.0 Å². The van der Waals surface area contributed by atoms with Crippen LogP contribution in [0.1, 0.15) is 29.9 Å². The number of para-hydroxylation sites is 2. The Labute approximate surface area is 176 Å². The second-order valence-electron chi connectivity index (χ2n) is 6.38. The molecule has 0 aliphatic carbocycles. The van der Waals surface area contributed by atoms with Crippen LogP contribution in [0.2, 0.25) is 0 Å². The summed E-state index contributed by atoms with van der Waals surface area (Å²) in [6.45, 7) is 4.28. The predicted octanol–water partition coefficient (Wildman–Crippen LogP) is 4.07. The third-order valence-electron chi connectivity index (χ3n) is 4.57. The lowest BCUT2D eigenvalue weighted by Crippen LogP contribution is -2.38. The highest BCUT2D eigenvalue weighted by molar-refractivity contribution is 14.0. The summed E-state index contributed by atoms with van der Waals surface area (Å²) in [5, 5.41) is 6.56. The molecule has 144 valence electrons. The highest BCUT2D eigenvalue weighted by Gasteiger charge is 2.11. The predicted molar refractivity (Wildman–Crippen MR) is 119 cm³/mol. The monoisotopic (exact) mass is 481 g/mol. The van der Waals surface area contributed by atoms with Crippen LogP contribution in [0.5, 0.6) is 0 Å². The van der Waals surface area contributed by atoms with E-state index in [9.17, 15) is 4.39 Å². The molecular weight excluding hydrogens is 456 g/mol. The molecule has 0 aliphatic rings. The number of fused-ring (bicyclic) bond motifs is 1. The van der Waals surface area contributed by atoms with Crippen molar-refractivity contribution in [3.63, 3.8) is 0 Å². The van der Waals surface area contributed by atoms with Gasteiger partial charge in [0.05, 0.1) is 23.6 Å². The van der Waals surface area contributed by atoms with Gasteiger partial charge in [-0.2, -0.15) is 0 Å². The lowest BCUT2D eigenvalue weighted by Gasteiger charge is -2.18. The van der Waals surface area contributed by atoms with Crippen LogP contribution >= 0.6 is 24.0 Å². The van der Waals surface area contributed by atoms with E-state index in [1.807, 2.05) is 44.3 Å². The molecule has 1 aromatic heterocycles. The standard InChI is InChI=1S/C20H24FN5.HI/c1-13-9-10-15(11-16(13)21)14(2)24-20(22-3)23-12-19-25-17-7-5-6-8-18(17)26(19)4;/h5-11,14H,12H2,1-4H3,(H2,22,23,24);1H. The number of hydrogen-bond acceptors (Lipinski definition) is 2. The van der Waals surface area contributed by atoms with Gasteiger partial charge in [-0.3, -0.25) is 4.99 Å². The third-order valence-corrected chi connectivity index (χ3v) is 4.57. The smallest absolute Gasteiger partial charge is 0.191 e. The topological polar surface area (TPSA) is 54.2 Å². The Morgan fingerprint density at radius 2 is 2.00 bits per heavy atom. The summed E-state index contributed by atoms with van der Waals surface area (Å²) in [4.78, 5) is 8.90. The molecule has 2 N–H and O–H groups in total. The van der Waals surface area contributed by atoms with Gasteiger partial charge in [-0.15, -0.1) is 24.0 Å². The Morgan fingerprint density at radius 1 is 1.26 bits per heavy atom. The van der Waals surface area contributed by atoms with Gasteiger partial charge in [0.2, 0.25) is 0 Å². The average molecular weight is 481 g/mol. The largest absolute Gasteiger partial charge is 0.350 e. The van der Waals surface area contributed by atoms with Gasteiger partial charge in [0, 0.05) is 14.1 Å². The molecule has 1 unspecified atom stereocenters. The van der Waals surface area contributed by atoms with Crippen molar-refractivity contribution < 1.29 is 4.39 Å². The van der Waals surface area contributed by atoms with E-state index in [-0.39, 0.29) is 35.8 Å². The maximum absolute atomic E-state index is 13.8. The maximum atomic E-state index is 13.8. The van der Waals surface area contributed by atoms with Gasteiger partial charge in [-0.1, -0.05) is 24.3 Å². The van der Waals surface area contributed by atoms with Crippen LogP contribution in [0.3, 0.4) is 0 Å². The number of benzene rings is 2. The van der Waals surface area contributed by atoms with Crippen LogP contribution in [-0.2, 0) is 13.6 Å². The number of nitrogens with zero attached hydrogens (tertiary/aromatic N) is 3. The summed E-state index contributed by atoms with van der Waals surface area (Å²) < 4.78 is 15.9. The van der Waals surface area contributed by atoms with Gasteiger partial charge < -0.3 is 15.2 Å². The molecule has 1 atom stereocenters. The lowest BCUT2D eigenvalue weighted by atomic mass is 10.1. The Morgan fingerprint density at radius 3 is 2.67 bits per heavy atom. The minimum Gasteiger partial charge on any atom is -0.350 e. The third kappa shape index (κ3) is 4.77. The van der Waals surface area contributed by atoms with Gasteiger partial charge in [-0.05, 0) is 43.2 Å². The SMILES string of the molecule is CN=C(NCc1nc2ccccc2n1C)NC(C)c1ccc(C)c(F)c1.I. The minimum absolute atomic E-state index is 0. The van der Waals surface area contributed by atoms with Crippen molar-refractivity contribution in [3.05, 3.63) is 65.2 Å². The number of hydrogen-bond donors (Lipinski definition) is 2. The first-order chi connectivity index (χ1) is 12.5. The number of aromatic nitrogens is 2. The number of aryl methyl sites for hydroxylation is 2. The fourth-order valence-corrected chi connectivity index (χ4v) is 2.88. The van der Waals surface area contributed by atoms with Crippen LogP contribution in [0, 0.1) is 12.7 Å². The van der Waals surface area contributed by atoms with E-state index in [2.05, 4.69) is 25.2 Å². The van der Waals surface area contributed by atoms with Crippen LogP contribution in [0.4, 0.5) is 4.39 Å². The zero-order valence-electron chi connectivity index (χ0n) is 16.0. The molecule has 27 heavy (non-hydrogen) atoms. The molecule has 3 aromatic rings. The number of guanidine groups is 1. The molecule has 0 saturated heterocycles. The average Bonchev–Trinajstić information content (AvgIpc) is 2.97. The molecule has 5 nitrogen and oxygen atoms in total. The van der Waals surface area contributed by atoms with Gasteiger partial charge in [-0.25, -0.2) is 9.37 Å². The maximum Gasteiger partial charge on any atom is 0.191 e. The fourth-order valence-electron chi connectivity index (χ4n) is 2.88. The van der Waals surface area contributed by atoms with Crippen molar-refractivity contribution in [1.82, 2.24) is 20.2 Å². The molecule has 2 aromatic carbocycles. The molecule has 1 heterocycles. The number of rotatable bonds is 4. The van der Waals surface area contributed by atoms with E-state index in [0.717, 1.165) is 22.4 Å². The van der Waals surface area contributed by atoms with Crippen LogP contribution in [-0.4, -0.2) is 22.6 Å². The van der Waals surface area contributed by atoms with Gasteiger partial charge in [0.15, 0.2) is 5.96 Å². The second-order valence-corrected chi connectivity index (χ2v) is 6.38. The zero-order chi connectivity index (χ0) is 18.7. The van der Waals surface area contributed by atoms with Crippen LogP contribution in [0.25, 0.3) is 11.0 Å². The first-order valence-corrected chi connectivity index (χ1v) is 8.63. The molecule has 0 amide bonds. The minimum atomic E-state index is -0.196. The van der Waals surface area contributed by atoms with Gasteiger partial charge in [0.1, 0.15) is 11.6 Å². The first-order valence-electron chi connectivity index (χ1n) is 8.63. The lowest BCUT2D eigenvalue weighted by molar-refractivity contribution is 0.607. The molecule has 3 rings (SSSR count). The van der Waals surface area contributed by atoms with Crippen LogP contribution in [0.15, 0.2) is 47.5 Å². The van der Waals surface area contributed by atoms with Crippen molar-refractivity contribution in [2.75, 3.05) is 7.05 Å². The molecule has 0 saturated carbocycles. The van der Waals surface area contributed by atoms with E-state index in [1.54, 1.807) is 26.1 Å². The number of nitrogens with one attached hydrogen (secondary N) is 2. The van der Waals surface area contributed by atoms with Crippen molar-refractivity contribution in [1.29, 1.82) is 0 Å². The van der Waals surface area contributed by atoms with Crippen LogP contribution < -0.4 is 10.6 Å². The summed E-state index contributed by atoms with van der Waals surface area (Å²) in [6.07, 6.45) is 0. The molecule has 0 bridgehead atoms. The second kappa shape index (κ2) is 9.16. The van der Waals surface area contributed by atoms with E-state index < -0.39 is 0 Å². The highest BCUT2D eigenvalue weighted by Crippen LogP contribution is 2.16. The van der Waals surface area contributed by atoms with Crippen molar-refractivity contribution in [2.45, 2.75) is 26.4 Å². The molecule has 0 spiro atoms. The quantitative estimate of drug-likeness (QED) is 0.336. The fraction of sp³-hybridized carbons (Fsp3) is 0.300. The van der Waals surface area contributed by atoms with E-state index in [0.29, 0.717) is 18.1 Å². The molecule has 7 heteroatoms. The Balaban J connectivity index is 0.00000261. The summed E-state index contributed by atoms with van der Waals surface area (Å²) in [7, 11) is 3.72. The Bertz CT molecular complexity index is 951. The Kier molecular flexibility index (Phi) is 7.18. The molecule has 0 fully saturated rings. The van der Waals surface area contributed by atoms with E-state index in [4.69, 9.17) is 0 Å². The zero-order valence-corrected chi connectivity index (χ0v) is 18.3. The highest BCUT2D eigenvalue weighted by atomic mass is 127. The van der Waals surface area contributed by atoms with Gasteiger partial charge >= 0.3 is 0 Å². The number of imidazole rings is 1. The van der Waals surface area contributed by atoms with Gasteiger partial charge in [0.25, 0.3) is 0 Å². The number of halogens is 2. The molecule has 0 aliphatic heterocycles. The summed E-state index contributed by atoms with van der Waals surface area (Å²) in [5.74, 6) is 1.37. The number of aliphatic imine (C=N–C) groups is 1. The summed E-state index contributed by atoms with van der Waals surface area (Å²) in [6, 6.07) is 13.2. The first kappa shape index (κ1) is 21.1.